The van der Waals surface area contributed by atoms with Crippen molar-refractivity contribution in [3.8, 4) is 12.3 Å². The van der Waals surface area contributed by atoms with Crippen molar-refractivity contribution in [1.29, 1.82) is 0 Å². The zero-order chi connectivity index (χ0) is 12.7. The lowest BCUT2D eigenvalue weighted by atomic mass is 10.2. The number of carbonyl (C=O) groups is 1. The first kappa shape index (κ1) is 13.2. The lowest BCUT2D eigenvalue weighted by molar-refractivity contribution is 0.0943. The van der Waals surface area contributed by atoms with Crippen molar-refractivity contribution in [3.05, 3.63) is 11.6 Å². The van der Waals surface area contributed by atoms with Gasteiger partial charge in [-0.15, -0.1) is 17.4 Å². The summed E-state index contributed by atoms with van der Waals surface area (Å²) >= 11 is 0. The van der Waals surface area contributed by atoms with Crippen molar-refractivity contribution in [2.24, 2.45) is 0 Å². The molecule has 17 heavy (non-hydrogen) atoms. The minimum atomic E-state index is -0.242. The monoisotopic (exact) mass is 234 g/mol. The maximum absolute atomic E-state index is 11.6. The molecule has 0 atom stereocenters. The van der Waals surface area contributed by atoms with Crippen LogP contribution in [0.25, 0.3) is 0 Å². The highest BCUT2D eigenvalue weighted by Crippen LogP contribution is 2.07. The van der Waals surface area contributed by atoms with Gasteiger partial charge in [0.1, 0.15) is 5.82 Å². The molecule has 0 radical (unpaired) electrons. The van der Waals surface area contributed by atoms with Gasteiger partial charge in [0, 0.05) is 18.9 Å². The highest BCUT2D eigenvalue weighted by Gasteiger charge is 2.12. The average Bonchev–Trinajstić information content (AvgIpc) is 2.78. The average molecular weight is 234 g/mol. The Labute approximate surface area is 101 Å². The van der Waals surface area contributed by atoms with Crippen LogP contribution in [-0.2, 0) is 0 Å². The maximum atomic E-state index is 11.6. The number of unbranched alkanes of at least 4 members (excludes halogenated alkanes) is 2. The molecule has 1 rings (SSSR count). The topological polar surface area (TPSA) is 70.7 Å². The number of nitrogens with one attached hydrogen (secondary N) is 2. The van der Waals surface area contributed by atoms with Gasteiger partial charge in [-0.25, -0.2) is 4.98 Å². The number of amides is 1. The van der Waals surface area contributed by atoms with Gasteiger partial charge in [0.2, 0.25) is 5.82 Å². The van der Waals surface area contributed by atoms with Gasteiger partial charge in [0.25, 0.3) is 5.91 Å². The van der Waals surface area contributed by atoms with E-state index in [1.807, 2.05) is 13.8 Å². The molecule has 0 saturated heterocycles. The molecule has 0 aliphatic rings. The van der Waals surface area contributed by atoms with E-state index in [0.717, 1.165) is 25.1 Å². The Morgan fingerprint density at radius 3 is 2.88 bits per heavy atom. The molecular weight excluding hydrogens is 216 g/mol. The molecule has 0 fully saturated rings. The molecule has 5 nitrogen and oxygen atoms in total. The summed E-state index contributed by atoms with van der Waals surface area (Å²) in [6, 6.07) is 0. The Balaban J connectivity index is 2.34. The third-order valence-electron chi connectivity index (χ3n) is 2.29. The quantitative estimate of drug-likeness (QED) is 0.578. The molecule has 0 bridgehead atoms. The number of rotatable bonds is 6. The molecule has 0 spiro atoms. The third kappa shape index (κ3) is 4.27. The zero-order valence-electron chi connectivity index (χ0n) is 10.3. The van der Waals surface area contributed by atoms with E-state index in [4.69, 9.17) is 6.42 Å². The van der Waals surface area contributed by atoms with Gasteiger partial charge in [-0.05, 0) is 12.8 Å². The summed E-state index contributed by atoms with van der Waals surface area (Å²) in [5.41, 5.74) is 0. The Bertz CT molecular complexity index is 403. The molecule has 0 aliphatic carbocycles. The molecule has 0 aliphatic heterocycles. The van der Waals surface area contributed by atoms with E-state index in [1.165, 1.54) is 0 Å². The molecule has 5 heteroatoms. The normalized spacial score (nSPS) is 10.2. The maximum Gasteiger partial charge on any atom is 0.290 e. The third-order valence-corrected chi connectivity index (χ3v) is 2.29. The molecule has 1 aromatic rings. The second-order valence-corrected chi connectivity index (χ2v) is 4.12. The Morgan fingerprint density at radius 1 is 1.53 bits per heavy atom. The summed E-state index contributed by atoms with van der Waals surface area (Å²) in [4.78, 5) is 15.7. The van der Waals surface area contributed by atoms with E-state index < -0.39 is 0 Å². The van der Waals surface area contributed by atoms with Crippen molar-refractivity contribution < 1.29 is 4.79 Å². The molecule has 92 valence electrons. The van der Waals surface area contributed by atoms with E-state index in [-0.39, 0.29) is 17.6 Å². The molecule has 0 aromatic carbocycles. The first-order chi connectivity index (χ1) is 8.15. The van der Waals surface area contributed by atoms with Crippen LogP contribution in [0.15, 0.2) is 0 Å². The number of hydrogen-bond acceptors (Lipinski definition) is 3. The van der Waals surface area contributed by atoms with E-state index in [2.05, 4.69) is 26.4 Å². The summed E-state index contributed by atoms with van der Waals surface area (Å²) in [7, 11) is 0. The first-order valence-electron chi connectivity index (χ1n) is 5.79. The second-order valence-electron chi connectivity index (χ2n) is 4.12. The van der Waals surface area contributed by atoms with Crippen LogP contribution in [0.2, 0.25) is 0 Å². The SMILES string of the molecule is C#CCCCCNC(=O)c1n[nH]c(C(C)C)n1. The van der Waals surface area contributed by atoms with Gasteiger partial charge in [-0.3, -0.25) is 9.89 Å². The second kappa shape index (κ2) is 6.69. The van der Waals surface area contributed by atoms with Crippen molar-refractivity contribution in [2.45, 2.75) is 39.0 Å². The van der Waals surface area contributed by atoms with Crippen LogP contribution in [0, 0.1) is 12.3 Å². The first-order valence-corrected chi connectivity index (χ1v) is 5.79. The smallest absolute Gasteiger partial charge is 0.290 e. The van der Waals surface area contributed by atoms with Gasteiger partial charge in [-0.1, -0.05) is 13.8 Å². The fourth-order valence-corrected chi connectivity index (χ4v) is 1.27. The van der Waals surface area contributed by atoms with E-state index >= 15 is 0 Å². The highest BCUT2D eigenvalue weighted by atomic mass is 16.2. The van der Waals surface area contributed by atoms with Crippen LogP contribution >= 0.6 is 0 Å². The summed E-state index contributed by atoms with van der Waals surface area (Å²) in [6.07, 6.45) is 7.67. The molecule has 1 amide bonds. The lowest BCUT2D eigenvalue weighted by Crippen LogP contribution is -2.25. The zero-order valence-corrected chi connectivity index (χ0v) is 10.3. The largest absolute Gasteiger partial charge is 0.349 e. The van der Waals surface area contributed by atoms with Crippen LogP contribution < -0.4 is 5.32 Å². The van der Waals surface area contributed by atoms with Gasteiger partial charge in [0.05, 0.1) is 0 Å². The van der Waals surface area contributed by atoms with Crippen molar-refractivity contribution in [1.82, 2.24) is 20.5 Å². The predicted molar refractivity (Wildman–Crippen MR) is 65.5 cm³/mol. The van der Waals surface area contributed by atoms with Crippen molar-refractivity contribution >= 4 is 5.91 Å². The van der Waals surface area contributed by atoms with Crippen LogP contribution in [0.4, 0.5) is 0 Å². The Kier molecular flexibility index (Phi) is 5.21. The standard InChI is InChI=1S/C12H18N4O/c1-4-5-6-7-8-13-12(17)11-14-10(9(2)3)15-16-11/h1,9H,5-8H2,2-3H3,(H,13,17)(H,14,15,16). The fourth-order valence-electron chi connectivity index (χ4n) is 1.27. The number of terminal acetylenes is 1. The molecular formula is C12H18N4O. The molecule has 1 aromatic heterocycles. The summed E-state index contributed by atoms with van der Waals surface area (Å²) < 4.78 is 0. The molecule has 0 saturated carbocycles. The van der Waals surface area contributed by atoms with Gasteiger partial charge < -0.3 is 5.32 Å². The summed E-state index contributed by atoms with van der Waals surface area (Å²) in [5.74, 6) is 3.48. The fraction of sp³-hybridized carbons (Fsp3) is 0.583. The van der Waals surface area contributed by atoms with Crippen LogP contribution in [0.3, 0.4) is 0 Å². The summed E-state index contributed by atoms with van der Waals surface area (Å²) in [6.45, 7) is 4.58. The molecule has 2 N–H and O–H groups in total. The van der Waals surface area contributed by atoms with Gasteiger partial charge in [0.15, 0.2) is 0 Å². The number of hydrogen-bond donors (Lipinski definition) is 2. The van der Waals surface area contributed by atoms with Crippen molar-refractivity contribution in [2.75, 3.05) is 6.54 Å². The van der Waals surface area contributed by atoms with Gasteiger partial charge >= 0.3 is 0 Å². The van der Waals surface area contributed by atoms with Crippen molar-refractivity contribution in [3.63, 3.8) is 0 Å². The van der Waals surface area contributed by atoms with E-state index in [1.54, 1.807) is 0 Å². The molecule has 1 heterocycles. The van der Waals surface area contributed by atoms with Crippen LogP contribution in [0.1, 0.15) is 55.5 Å². The van der Waals surface area contributed by atoms with Crippen LogP contribution in [-0.4, -0.2) is 27.6 Å². The summed E-state index contributed by atoms with van der Waals surface area (Å²) in [5, 5.41) is 9.38. The van der Waals surface area contributed by atoms with E-state index in [9.17, 15) is 4.79 Å². The Morgan fingerprint density at radius 2 is 2.29 bits per heavy atom. The minimum absolute atomic E-state index is 0.200. The molecule has 0 unspecified atom stereocenters. The number of aromatic amines is 1. The number of aromatic nitrogens is 3. The van der Waals surface area contributed by atoms with Crippen LogP contribution in [0.5, 0.6) is 0 Å². The highest BCUT2D eigenvalue weighted by molar-refractivity contribution is 5.90. The predicted octanol–water partition coefficient (Wildman–Crippen LogP) is 1.46. The van der Waals surface area contributed by atoms with E-state index in [0.29, 0.717) is 6.54 Å². The minimum Gasteiger partial charge on any atom is -0.349 e. The number of nitrogens with zero attached hydrogens (tertiary/aromatic N) is 2. The lowest BCUT2D eigenvalue weighted by Gasteiger charge is -2.00. The van der Waals surface area contributed by atoms with Gasteiger partial charge in [-0.2, -0.15) is 0 Å². The number of carbonyl (C=O) groups excluding carboxylic acids is 1. The Hall–Kier alpha value is -1.83. The number of H-pyrrole nitrogens is 1.